The molecule has 1 fully saturated rings. The highest BCUT2D eigenvalue weighted by Gasteiger charge is 2.38. The molecule has 0 aromatic carbocycles. The van der Waals surface area contributed by atoms with Crippen LogP contribution in [0.3, 0.4) is 0 Å². The number of alkyl halides is 1. The first-order valence-corrected chi connectivity index (χ1v) is 7.14. The summed E-state index contributed by atoms with van der Waals surface area (Å²) < 4.78 is 7.83. The van der Waals surface area contributed by atoms with Crippen molar-refractivity contribution in [2.45, 2.75) is 44.2 Å². The summed E-state index contributed by atoms with van der Waals surface area (Å²) in [6.45, 7) is 2.84. The molecule has 19 heavy (non-hydrogen) atoms. The van der Waals surface area contributed by atoms with Gasteiger partial charge in [0.25, 0.3) is 0 Å². The highest BCUT2D eigenvalue weighted by atomic mass is 35.5. The molecule has 2 aromatic heterocycles. The molecule has 102 valence electrons. The summed E-state index contributed by atoms with van der Waals surface area (Å²) >= 11 is 6.04. The summed E-state index contributed by atoms with van der Waals surface area (Å²) in [5, 5.41) is 0. The molecular formula is C14H18ClN3O. The lowest BCUT2D eigenvalue weighted by atomic mass is 9.80. The van der Waals surface area contributed by atoms with Crippen LogP contribution in [0.15, 0.2) is 12.3 Å². The van der Waals surface area contributed by atoms with Crippen LogP contribution < -0.4 is 0 Å². The van der Waals surface area contributed by atoms with Gasteiger partial charge in [0.15, 0.2) is 5.65 Å². The lowest BCUT2D eigenvalue weighted by Gasteiger charge is -2.41. The third-order valence-electron chi connectivity index (χ3n) is 4.18. The lowest BCUT2D eigenvalue weighted by Crippen LogP contribution is -2.43. The van der Waals surface area contributed by atoms with E-state index in [1.165, 1.54) is 6.42 Å². The average molecular weight is 280 g/mol. The molecule has 0 amide bonds. The van der Waals surface area contributed by atoms with Crippen LogP contribution in [0.2, 0.25) is 0 Å². The molecule has 0 N–H and O–H groups in total. The zero-order chi connectivity index (χ0) is 13.5. The maximum absolute atomic E-state index is 6.04. The predicted molar refractivity (Wildman–Crippen MR) is 75.4 cm³/mol. The van der Waals surface area contributed by atoms with Crippen LogP contribution in [-0.2, 0) is 17.2 Å². The zero-order valence-corrected chi connectivity index (χ0v) is 12.1. The Bertz CT molecular complexity index is 598. The van der Waals surface area contributed by atoms with Gasteiger partial charge in [-0.15, -0.1) is 11.6 Å². The maximum Gasteiger partial charge on any atom is 0.160 e. The van der Waals surface area contributed by atoms with E-state index in [1.807, 2.05) is 12.3 Å². The molecule has 0 bridgehead atoms. The van der Waals surface area contributed by atoms with E-state index in [1.54, 1.807) is 7.11 Å². The van der Waals surface area contributed by atoms with E-state index in [0.29, 0.717) is 5.88 Å². The van der Waals surface area contributed by atoms with E-state index >= 15 is 0 Å². The van der Waals surface area contributed by atoms with Gasteiger partial charge in [-0.05, 0) is 37.8 Å². The Morgan fingerprint density at radius 3 is 2.84 bits per heavy atom. The number of nitrogens with zero attached hydrogens (tertiary/aromatic N) is 3. The zero-order valence-electron chi connectivity index (χ0n) is 11.3. The van der Waals surface area contributed by atoms with Crippen molar-refractivity contribution < 1.29 is 4.74 Å². The third kappa shape index (κ3) is 2.03. The Balaban J connectivity index is 2.08. The fourth-order valence-corrected chi connectivity index (χ4v) is 2.94. The normalized spacial score (nSPS) is 17.6. The van der Waals surface area contributed by atoms with Gasteiger partial charge in [0.05, 0.1) is 18.0 Å². The van der Waals surface area contributed by atoms with Crippen LogP contribution in [0.4, 0.5) is 0 Å². The first kappa shape index (κ1) is 12.9. The number of pyridine rings is 1. The minimum absolute atomic E-state index is 0.0557. The number of methoxy groups -OCH3 is 1. The summed E-state index contributed by atoms with van der Waals surface area (Å²) in [5.41, 5.74) is 2.94. The van der Waals surface area contributed by atoms with Gasteiger partial charge < -0.3 is 9.30 Å². The second-order valence-corrected chi connectivity index (χ2v) is 5.56. The third-order valence-corrected chi connectivity index (χ3v) is 4.42. The van der Waals surface area contributed by atoms with Gasteiger partial charge in [0.2, 0.25) is 0 Å². The molecule has 4 nitrogen and oxygen atoms in total. The van der Waals surface area contributed by atoms with Crippen LogP contribution in [0.5, 0.6) is 0 Å². The van der Waals surface area contributed by atoms with Crippen molar-refractivity contribution in [2.24, 2.45) is 0 Å². The number of imidazole rings is 1. The fraction of sp³-hybridized carbons (Fsp3) is 0.571. The van der Waals surface area contributed by atoms with Crippen LogP contribution in [0.1, 0.15) is 30.7 Å². The molecule has 0 saturated heterocycles. The molecule has 5 heteroatoms. The number of fused-ring (bicyclic) bond motifs is 1. The summed E-state index contributed by atoms with van der Waals surface area (Å²) in [6, 6.07) is 1.98. The number of aromatic nitrogens is 3. The van der Waals surface area contributed by atoms with E-state index in [-0.39, 0.29) is 5.60 Å². The Kier molecular flexibility index (Phi) is 3.23. The number of hydrogen-bond donors (Lipinski definition) is 0. The van der Waals surface area contributed by atoms with Gasteiger partial charge in [-0.25, -0.2) is 9.97 Å². The lowest BCUT2D eigenvalue weighted by molar-refractivity contribution is -0.0832. The van der Waals surface area contributed by atoms with Gasteiger partial charge in [-0.2, -0.15) is 0 Å². The smallest absolute Gasteiger partial charge is 0.160 e. The highest BCUT2D eigenvalue weighted by Crippen LogP contribution is 2.37. The Morgan fingerprint density at radius 1 is 1.47 bits per heavy atom. The second-order valence-electron chi connectivity index (χ2n) is 5.29. The molecule has 0 aliphatic heterocycles. The molecule has 2 aromatic rings. The molecule has 0 atom stereocenters. The molecule has 2 heterocycles. The van der Waals surface area contributed by atoms with Crippen molar-refractivity contribution in [3.63, 3.8) is 0 Å². The SMILES string of the molecule is COC1(Cn2c(CCl)nc3c(C)ccnc32)CCC1. The van der Waals surface area contributed by atoms with E-state index in [4.69, 9.17) is 16.3 Å². The van der Waals surface area contributed by atoms with Crippen molar-refractivity contribution in [2.75, 3.05) is 7.11 Å². The van der Waals surface area contributed by atoms with Gasteiger partial charge in [-0.3, -0.25) is 0 Å². The molecule has 1 aliphatic rings. The highest BCUT2D eigenvalue weighted by molar-refractivity contribution is 6.16. The van der Waals surface area contributed by atoms with E-state index in [9.17, 15) is 0 Å². The maximum atomic E-state index is 6.04. The topological polar surface area (TPSA) is 39.9 Å². The molecule has 0 radical (unpaired) electrons. The number of hydrogen-bond acceptors (Lipinski definition) is 3. The number of ether oxygens (including phenoxy) is 1. The summed E-state index contributed by atoms with van der Waals surface area (Å²) in [6.07, 6.45) is 5.24. The number of aryl methyl sites for hydroxylation is 1. The van der Waals surface area contributed by atoms with Crippen molar-refractivity contribution in [1.82, 2.24) is 14.5 Å². The van der Waals surface area contributed by atoms with Crippen molar-refractivity contribution in [1.29, 1.82) is 0 Å². The first-order chi connectivity index (χ1) is 9.19. The predicted octanol–water partition coefficient (Wildman–Crippen LogP) is 3.05. The summed E-state index contributed by atoms with van der Waals surface area (Å²) in [7, 11) is 1.79. The molecule has 1 saturated carbocycles. The van der Waals surface area contributed by atoms with Crippen LogP contribution >= 0.6 is 11.6 Å². The van der Waals surface area contributed by atoms with Gasteiger partial charge in [0, 0.05) is 13.3 Å². The fourth-order valence-electron chi connectivity index (χ4n) is 2.74. The van der Waals surface area contributed by atoms with Crippen LogP contribution in [0.25, 0.3) is 11.2 Å². The first-order valence-electron chi connectivity index (χ1n) is 6.61. The van der Waals surface area contributed by atoms with E-state index in [0.717, 1.165) is 41.9 Å². The Hall–Kier alpha value is -1.13. The standard InChI is InChI=1S/C14H18ClN3O/c1-10-4-7-16-13-12(10)17-11(8-15)18(13)9-14(19-2)5-3-6-14/h4,7H,3,5-6,8-9H2,1-2H3. The summed E-state index contributed by atoms with van der Waals surface area (Å²) in [4.78, 5) is 9.09. The molecule has 1 aliphatic carbocycles. The second kappa shape index (κ2) is 4.76. The quantitative estimate of drug-likeness (QED) is 0.808. The number of rotatable bonds is 4. The molecule has 3 rings (SSSR count). The van der Waals surface area contributed by atoms with Crippen LogP contribution in [0, 0.1) is 6.92 Å². The van der Waals surface area contributed by atoms with Crippen molar-refractivity contribution >= 4 is 22.8 Å². The monoisotopic (exact) mass is 279 g/mol. The molecule has 0 spiro atoms. The van der Waals surface area contributed by atoms with E-state index in [2.05, 4.69) is 21.5 Å². The minimum atomic E-state index is -0.0557. The minimum Gasteiger partial charge on any atom is -0.376 e. The van der Waals surface area contributed by atoms with Crippen molar-refractivity contribution in [3.05, 3.63) is 23.7 Å². The number of halogens is 1. The molecule has 0 unspecified atom stereocenters. The molecular weight excluding hydrogens is 262 g/mol. The average Bonchev–Trinajstić information content (AvgIpc) is 2.73. The Morgan fingerprint density at radius 2 is 2.26 bits per heavy atom. The largest absolute Gasteiger partial charge is 0.376 e. The van der Waals surface area contributed by atoms with E-state index < -0.39 is 0 Å². The summed E-state index contributed by atoms with van der Waals surface area (Å²) in [5.74, 6) is 1.28. The van der Waals surface area contributed by atoms with Gasteiger partial charge in [0.1, 0.15) is 11.3 Å². The van der Waals surface area contributed by atoms with Gasteiger partial charge >= 0.3 is 0 Å². The van der Waals surface area contributed by atoms with Crippen molar-refractivity contribution in [3.8, 4) is 0 Å². The van der Waals surface area contributed by atoms with Crippen LogP contribution in [-0.4, -0.2) is 27.2 Å². The van der Waals surface area contributed by atoms with Gasteiger partial charge in [-0.1, -0.05) is 0 Å². The Labute approximate surface area is 117 Å².